The summed E-state index contributed by atoms with van der Waals surface area (Å²) < 4.78 is 10.4. The lowest BCUT2D eigenvalue weighted by Crippen LogP contribution is -2.39. The summed E-state index contributed by atoms with van der Waals surface area (Å²) in [5.41, 5.74) is 0.258. The largest absolute Gasteiger partial charge is 0.461 e. The quantitative estimate of drug-likeness (QED) is 0.752. The van der Waals surface area contributed by atoms with Crippen LogP contribution in [0.15, 0.2) is 52.0 Å². The van der Waals surface area contributed by atoms with Crippen molar-refractivity contribution in [3.05, 3.63) is 48.7 Å². The van der Waals surface area contributed by atoms with Crippen LogP contribution in [0, 0.1) is 5.92 Å². The minimum Gasteiger partial charge on any atom is -0.461 e. The second kappa shape index (κ2) is 7.38. The molecular weight excluding hydrogens is 334 g/mol. The first-order chi connectivity index (χ1) is 12.8. The van der Waals surface area contributed by atoms with E-state index >= 15 is 0 Å². The van der Waals surface area contributed by atoms with Crippen LogP contribution in [0.4, 0.5) is 5.82 Å². The van der Waals surface area contributed by atoms with Gasteiger partial charge in [-0.2, -0.15) is 0 Å². The zero-order chi connectivity index (χ0) is 17.8. The summed E-state index contributed by atoms with van der Waals surface area (Å²) in [5, 5.41) is 6.76. The van der Waals surface area contributed by atoms with Crippen molar-refractivity contribution in [3.8, 4) is 11.5 Å². The van der Waals surface area contributed by atoms with Crippen LogP contribution < -0.4 is 10.2 Å². The highest BCUT2D eigenvalue weighted by Crippen LogP contribution is 2.22. The average Bonchev–Trinajstić information content (AvgIpc) is 3.39. The third-order valence-electron chi connectivity index (χ3n) is 4.55. The normalized spacial score (nSPS) is 15.2. The predicted octanol–water partition coefficient (Wildman–Crippen LogP) is 2.37. The molecule has 8 heteroatoms. The van der Waals surface area contributed by atoms with Crippen LogP contribution in [0.2, 0.25) is 0 Å². The number of nitrogens with zero attached hydrogens (tertiary/aromatic N) is 4. The number of carbonyl (C=O) groups is 1. The second-order valence-electron chi connectivity index (χ2n) is 6.26. The summed E-state index contributed by atoms with van der Waals surface area (Å²) in [7, 11) is 0. The van der Waals surface area contributed by atoms with Crippen molar-refractivity contribution in [1.29, 1.82) is 0 Å². The predicted molar refractivity (Wildman–Crippen MR) is 93.5 cm³/mol. The lowest BCUT2D eigenvalue weighted by molar-refractivity contribution is 0.0936. The van der Waals surface area contributed by atoms with Gasteiger partial charge in [-0.25, -0.2) is 4.98 Å². The monoisotopic (exact) mass is 353 g/mol. The Morgan fingerprint density at radius 2 is 2.15 bits per heavy atom. The molecule has 0 atom stereocenters. The van der Waals surface area contributed by atoms with E-state index < -0.39 is 0 Å². The van der Waals surface area contributed by atoms with E-state index in [1.807, 2.05) is 0 Å². The van der Waals surface area contributed by atoms with E-state index in [1.165, 1.54) is 0 Å². The molecule has 1 aliphatic rings. The standard InChI is InChI=1S/C18H19N5O3/c24-18(14-10-16(26-22-14)15-2-1-9-25-15)21-11-13-3-7-23(8-4-13)17-12-19-5-6-20-17/h1-2,5-6,9-10,12-13H,3-4,7-8,11H2,(H,21,24). The third-order valence-corrected chi connectivity index (χ3v) is 4.55. The molecular formula is C18H19N5O3. The van der Waals surface area contributed by atoms with Crippen molar-refractivity contribution < 1.29 is 13.7 Å². The van der Waals surface area contributed by atoms with Crippen molar-refractivity contribution in [3.63, 3.8) is 0 Å². The molecule has 4 rings (SSSR count). The number of hydrogen-bond donors (Lipinski definition) is 1. The molecule has 0 unspecified atom stereocenters. The van der Waals surface area contributed by atoms with Crippen molar-refractivity contribution in [2.24, 2.45) is 5.92 Å². The summed E-state index contributed by atoms with van der Waals surface area (Å²) in [6, 6.07) is 5.10. The molecule has 3 aromatic heterocycles. The lowest BCUT2D eigenvalue weighted by atomic mass is 9.97. The van der Waals surface area contributed by atoms with Gasteiger partial charge in [0.2, 0.25) is 5.76 Å². The van der Waals surface area contributed by atoms with Gasteiger partial charge >= 0.3 is 0 Å². The zero-order valence-electron chi connectivity index (χ0n) is 14.2. The maximum atomic E-state index is 12.3. The Hall–Kier alpha value is -3.16. The van der Waals surface area contributed by atoms with Crippen molar-refractivity contribution >= 4 is 11.7 Å². The first-order valence-corrected chi connectivity index (χ1v) is 8.59. The van der Waals surface area contributed by atoms with E-state index in [4.69, 9.17) is 8.94 Å². The van der Waals surface area contributed by atoms with E-state index in [1.54, 1.807) is 43.1 Å². The smallest absolute Gasteiger partial charge is 0.273 e. The maximum absolute atomic E-state index is 12.3. The SMILES string of the molecule is O=C(NCC1CCN(c2cnccn2)CC1)c1cc(-c2ccco2)on1. The van der Waals surface area contributed by atoms with Gasteiger partial charge in [-0.3, -0.25) is 9.78 Å². The van der Waals surface area contributed by atoms with Gasteiger partial charge in [-0.05, 0) is 30.9 Å². The van der Waals surface area contributed by atoms with Crippen molar-refractivity contribution in [1.82, 2.24) is 20.4 Å². The molecule has 1 amide bonds. The molecule has 3 aromatic rings. The molecule has 0 aliphatic carbocycles. The maximum Gasteiger partial charge on any atom is 0.273 e. The average molecular weight is 353 g/mol. The number of aromatic nitrogens is 3. The van der Waals surface area contributed by atoms with Gasteiger partial charge in [0, 0.05) is 38.1 Å². The van der Waals surface area contributed by atoms with Gasteiger partial charge in [0.15, 0.2) is 11.5 Å². The number of anilines is 1. The van der Waals surface area contributed by atoms with Crippen molar-refractivity contribution in [2.75, 3.05) is 24.5 Å². The van der Waals surface area contributed by atoms with Gasteiger partial charge in [0.25, 0.3) is 5.91 Å². The highest BCUT2D eigenvalue weighted by molar-refractivity contribution is 5.92. The molecule has 0 radical (unpaired) electrons. The van der Waals surface area contributed by atoms with E-state index in [-0.39, 0.29) is 11.6 Å². The van der Waals surface area contributed by atoms with E-state index in [9.17, 15) is 4.79 Å². The van der Waals surface area contributed by atoms with Gasteiger partial charge < -0.3 is 19.2 Å². The van der Waals surface area contributed by atoms with Crippen LogP contribution in [-0.2, 0) is 0 Å². The van der Waals surface area contributed by atoms with E-state index in [2.05, 4.69) is 25.3 Å². The molecule has 4 heterocycles. The zero-order valence-corrected chi connectivity index (χ0v) is 14.2. The number of amides is 1. The summed E-state index contributed by atoms with van der Waals surface area (Å²) in [6.07, 6.45) is 8.69. The summed E-state index contributed by atoms with van der Waals surface area (Å²) >= 11 is 0. The lowest BCUT2D eigenvalue weighted by Gasteiger charge is -2.32. The van der Waals surface area contributed by atoms with Crippen LogP contribution >= 0.6 is 0 Å². The minimum atomic E-state index is -0.233. The summed E-state index contributed by atoms with van der Waals surface area (Å²) in [5.74, 6) is 2.10. The number of carbonyl (C=O) groups excluding carboxylic acids is 1. The van der Waals surface area contributed by atoms with Gasteiger partial charge in [0.05, 0.1) is 12.5 Å². The van der Waals surface area contributed by atoms with Gasteiger partial charge in [0.1, 0.15) is 5.82 Å². The minimum absolute atomic E-state index is 0.233. The second-order valence-corrected chi connectivity index (χ2v) is 6.26. The third kappa shape index (κ3) is 3.58. The Morgan fingerprint density at radius 1 is 1.27 bits per heavy atom. The molecule has 1 N–H and O–H groups in total. The molecule has 134 valence electrons. The molecule has 8 nitrogen and oxygen atoms in total. The Kier molecular flexibility index (Phi) is 4.63. The summed E-state index contributed by atoms with van der Waals surface area (Å²) in [6.45, 7) is 2.44. The fourth-order valence-corrected chi connectivity index (χ4v) is 3.07. The Labute approximate surface area is 150 Å². The molecule has 0 saturated carbocycles. The number of piperidine rings is 1. The van der Waals surface area contributed by atoms with Gasteiger partial charge in [-0.1, -0.05) is 5.16 Å². The van der Waals surface area contributed by atoms with Crippen molar-refractivity contribution in [2.45, 2.75) is 12.8 Å². The number of hydrogen-bond acceptors (Lipinski definition) is 7. The van der Waals surface area contributed by atoms with Crippen LogP contribution in [0.5, 0.6) is 0 Å². The first kappa shape index (κ1) is 16.3. The number of furan rings is 1. The van der Waals surface area contributed by atoms with Crippen LogP contribution in [-0.4, -0.2) is 40.7 Å². The molecule has 1 aliphatic heterocycles. The molecule has 26 heavy (non-hydrogen) atoms. The van der Waals surface area contributed by atoms with E-state index in [0.29, 0.717) is 24.0 Å². The highest BCUT2D eigenvalue weighted by atomic mass is 16.5. The number of nitrogens with one attached hydrogen (secondary N) is 1. The highest BCUT2D eigenvalue weighted by Gasteiger charge is 2.22. The molecule has 0 aromatic carbocycles. The summed E-state index contributed by atoms with van der Waals surface area (Å²) in [4.78, 5) is 22.9. The molecule has 0 bridgehead atoms. The molecule has 1 fully saturated rings. The Morgan fingerprint density at radius 3 is 2.88 bits per heavy atom. The molecule has 1 saturated heterocycles. The molecule has 0 spiro atoms. The number of rotatable bonds is 5. The van der Waals surface area contributed by atoms with Crippen LogP contribution in [0.3, 0.4) is 0 Å². The fourth-order valence-electron chi connectivity index (χ4n) is 3.07. The van der Waals surface area contributed by atoms with E-state index in [0.717, 1.165) is 31.7 Å². The topological polar surface area (TPSA) is 97.3 Å². The van der Waals surface area contributed by atoms with Crippen LogP contribution in [0.25, 0.3) is 11.5 Å². The van der Waals surface area contributed by atoms with Crippen LogP contribution in [0.1, 0.15) is 23.3 Å². The fraction of sp³-hybridized carbons (Fsp3) is 0.333. The first-order valence-electron chi connectivity index (χ1n) is 8.59. The Bertz CT molecular complexity index is 839. The Balaban J connectivity index is 1.27. The van der Waals surface area contributed by atoms with Gasteiger partial charge in [-0.15, -0.1) is 0 Å².